The number of hydrogen-bond donors (Lipinski definition) is 3. The molecular formula is C18H19N3O5. The zero-order chi connectivity index (χ0) is 18.1. The molecule has 1 fully saturated rings. The van der Waals surface area contributed by atoms with E-state index in [1.807, 2.05) is 30.3 Å². The van der Waals surface area contributed by atoms with Crippen LogP contribution >= 0.6 is 0 Å². The molecule has 3 N–H and O–H groups in total. The Balaban J connectivity index is 1.59. The lowest BCUT2D eigenvalue weighted by atomic mass is 10.0. The van der Waals surface area contributed by atoms with Crippen LogP contribution in [-0.4, -0.2) is 59.8 Å². The molecule has 2 aromatic rings. The summed E-state index contributed by atoms with van der Waals surface area (Å²) in [4.78, 5) is 18.0. The summed E-state index contributed by atoms with van der Waals surface area (Å²) in [6.07, 6.45) is 0.699. The smallest absolute Gasteiger partial charge is 0.415 e. The number of nitrogens with zero attached hydrogens (tertiary/aromatic N) is 2. The summed E-state index contributed by atoms with van der Waals surface area (Å²) in [7, 11) is 0. The number of aromatic nitrogens is 1. The quantitative estimate of drug-likeness (QED) is 0.739. The fourth-order valence-electron chi connectivity index (χ4n) is 3.22. The molecule has 1 saturated heterocycles. The van der Waals surface area contributed by atoms with Gasteiger partial charge in [0.25, 0.3) is 0 Å². The predicted octanol–water partition coefficient (Wildman–Crippen LogP) is 1.23. The molecule has 8 heteroatoms. The first-order valence-corrected chi connectivity index (χ1v) is 8.40. The van der Waals surface area contributed by atoms with Crippen molar-refractivity contribution in [3.63, 3.8) is 0 Å². The Bertz CT molecular complexity index is 811. The molecular weight excluding hydrogens is 338 g/mol. The van der Waals surface area contributed by atoms with Crippen LogP contribution in [0.3, 0.4) is 0 Å². The van der Waals surface area contributed by atoms with Gasteiger partial charge in [-0.05, 0) is 29.8 Å². The molecule has 4 rings (SSSR count). The number of pyridine rings is 1. The van der Waals surface area contributed by atoms with Crippen molar-refractivity contribution in [3.05, 3.63) is 36.5 Å². The molecule has 136 valence electrons. The molecule has 2 aliphatic rings. The van der Waals surface area contributed by atoms with Crippen LogP contribution in [0.5, 0.6) is 5.75 Å². The zero-order valence-corrected chi connectivity index (χ0v) is 14.0. The minimum absolute atomic E-state index is 0.0443. The molecule has 0 aliphatic carbocycles. The fourth-order valence-corrected chi connectivity index (χ4v) is 3.22. The Morgan fingerprint density at radius 1 is 1.23 bits per heavy atom. The second-order valence-electron chi connectivity index (χ2n) is 6.12. The van der Waals surface area contributed by atoms with Crippen molar-refractivity contribution < 1.29 is 24.5 Å². The summed E-state index contributed by atoms with van der Waals surface area (Å²) in [5.41, 5.74) is 2.46. The minimum Gasteiger partial charge on any atom is -0.489 e. The highest BCUT2D eigenvalue weighted by atomic mass is 16.6. The van der Waals surface area contributed by atoms with Crippen molar-refractivity contribution in [3.8, 4) is 16.9 Å². The largest absolute Gasteiger partial charge is 0.489 e. The molecule has 1 aromatic carbocycles. The van der Waals surface area contributed by atoms with Crippen LogP contribution in [-0.2, 0) is 4.74 Å². The van der Waals surface area contributed by atoms with E-state index in [0.717, 1.165) is 11.1 Å². The number of ether oxygens (including phenoxy) is 2. The van der Waals surface area contributed by atoms with Crippen LogP contribution < -0.4 is 15.0 Å². The Kier molecular flexibility index (Phi) is 4.36. The van der Waals surface area contributed by atoms with Crippen LogP contribution in [0, 0.1) is 0 Å². The molecule has 26 heavy (non-hydrogen) atoms. The van der Waals surface area contributed by atoms with Gasteiger partial charge < -0.3 is 25.0 Å². The van der Waals surface area contributed by atoms with Gasteiger partial charge in [-0.15, -0.1) is 0 Å². The van der Waals surface area contributed by atoms with E-state index < -0.39 is 12.2 Å². The molecule has 2 atom stereocenters. The van der Waals surface area contributed by atoms with Crippen molar-refractivity contribution in [2.45, 2.75) is 12.1 Å². The number of fused-ring (bicyclic) bond motifs is 3. The SMILES string of the molecule is O=C1O[C@@H](CO)[C@@H]2COc3cc(-c4ccc(NCCO)nc4)ccc3N12. The van der Waals surface area contributed by atoms with Gasteiger partial charge in [0.1, 0.15) is 24.2 Å². The maximum absolute atomic E-state index is 12.1. The number of carbonyl (C=O) groups is 1. The lowest BCUT2D eigenvalue weighted by Gasteiger charge is -2.31. The molecule has 0 unspecified atom stereocenters. The lowest BCUT2D eigenvalue weighted by Crippen LogP contribution is -2.45. The van der Waals surface area contributed by atoms with E-state index in [1.54, 1.807) is 11.1 Å². The van der Waals surface area contributed by atoms with E-state index in [2.05, 4.69) is 10.3 Å². The summed E-state index contributed by atoms with van der Waals surface area (Å²) in [5, 5.41) is 21.2. The Labute approximate surface area is 150 Å². The van der Waals surface area contributed by atoms with Gasteiger partial charge in [0.2, 0.25) is 0 Å². The van der Waals surface area contributed by atoms with Crippen molar-refractivity contribution in [2.24, 2.45) is 0 Å². The van der Waals surface area contributed by atoms with Gasteiger partial charge in [0, 0.05) is 18.3 Å². The second-order valence-corrected chi connectivity index (χ2v) is 6.12. The first kappa shape index (κ1) is 16.6. The third-order valence-corrected chi connectivity index (χ3v) is 4.53. The maximum atomic E-state index is 12.1. The summed E-state index contributed by atoms with van der Waals surface area (Å²) in [6, 6.07) is 9.02. The van der Waals surface area contributed by atoms with E-state index in [-0.39, 0.29) is 25.9 Å². The van der Waals surface area contributed by atoms with Gasteiger partial charge in [0.05, 0.1) is 18.9 Å². The number of hydrogen-bond acceptors (Lipinski definition) is 7. The zero-order valence-electron chi connectivity index (χ0n) is 14.0. The number of cyclic esters (lactones) is 1. The monoisotopic (exact) mass is 357 g/mol. The molecule has 0 spiro atoms. The van der Waals surface area contributed by atoms with Gasteiger partial charge in [-0.1, -0.05) is 6.07 Å². The molecule has 2 aliphatic heterocycles. The summed E-state index contributed by atoms with van der Waals surface area (Å²) in [5.74, 6) is 1.28. The minimum atomic E-state index is -0.571. The average molecular weight is 357 g/mol. The summed E-state index contributed by atoms with van der Waals surface area (Å²) < 4.78 is 11.0. The molecule has 8 nitrogen and oxygen atoms in total. The number of nitrogens with one attached hydrogen (secondary N) is 1. The maximum Gasteiger partial charge on any atom is 0.415 e. The molecule has 3 heterocycles. The third kappa shape index (κ3) is 2.83. The first-order chi connectivity index (χ1) is 12.7. The normalized spacial score (nSPS) is 20.8. The third-order valence-electron chi connectivity index (χ3n) is 4.53. The van der Waals surface area contributed by atoms with Gasteiger partial charge in [-0.25, -0.2) is 9.78 Å². The average Bonchev–Trinajstić information content (AvgIpc) is 3.02. The van der Waals surface area contributed by atoms with E-state index >= 15 is 0 Å². The van der Waals surface area contributed by atoms with Crippen molar-refractivity contribution >= 4 is 17.6 Å². The lowest BCUT2D eigenvalue weighted by molar-refractivity contribution is 0.0734. The second kappa shape index (κ2) is 6.81. The highest BCUT2D eigenvalue weighted by Gasteiger charge is 2.46. The van der Waals surface area contributed by atoms with Crippen LogP contribution in [0.1, 0.15) is 0 Å². The highest BCUT2D eigenvalue weighted by molar-refractivity contribution is 5.94. The van der Waals surface area contributed by atoms with E-state index in [1.165, 1.54) is 0 Å². The summed E-state index contributed by atoms with van der Waals surface area (Å²) in [6.45, 7) is 0.533. The van der Waals surface area contributed by atoms with Gasteiger partial charge in [-0.3, -0.25) is 4.90 Å². The van der Waals surface area contributed by atoms with E-state index in [4.69, 9.17) is 14.6 Å². The number of aliphatic hydroxyl groups excluding tert-OH is 2. The number of aliphatic hydroxyl groups is 2. The Hall–Kier alpha value is -2.84. The Morgan fingerprint density at radius 2 is 2.08 bits per heavy atom. The summed E-state index contributed by atoms with van der Waals surface area (Å²) >= 11 is 0. The standard InChI is InChI=1S/C18H19N3O5/c22-6-5-19-17-4-2-12(8-20-17)11-1-3-13-15(7-11)25-10-14-16(9-23)26-18(24)21(13)14/h1-4,7-8,14,16,22-23H,5-6,9-10H2,(H,19,20)/t14-,16-/m0/s1. The van der Waals surface area contributed by atoms with E-state index in [9.17, 15) is 9.90 Å². The topological polar surface area (TPSA) is 104 Å². The number of carbonyl (C=O) groups excluding carboxylic acids is 1. The number of benzene rings is 1. The van der Waals surface area contributed by atoms with Gasteiger partial charge in [-0.2, -0.15) is 0 Å². The predicted molar refractivity (Wildman–Crippen MR) is 94.4 cm³/mol. The molecule has 0 bridgehead atoms. The molecule has 0 radical (unpaired) electrons. The van der Waals surface area contributed by atoms with Gasteiger partial charge >= 0.3 is 6.09 Å². The van der Waals surface area contributed by atoms with Crippen LogP contribution in [0.25, 0.3) is 11.1 Å². The van der Waals surface area contributed by atoms with E-state index in [0.29, 0.717) is 23.8 Å². The van der Waals surface area contributed by atoms with Crippen LogP contribution in [0.4, 0.5) is 16.3 Å². The number of anilines is 2. The van der Waals surface area contributed by atoms with Crippen LogP contribution in [0.15, 0.2) is 36.5 Å². The van der Waals surface area contributed by atoms with Crippen molar-refractivity contribution in [1.29, 1.82) is 0 Å². The number of amides is 1. The van der Waals surface area contributed by atoms with Crippen molar-refractivity contribution in [1.82, 2.24) is 4.98 Å². The Morgan fingerprint density at radius 3 is 2.81 bits per heavy atom. The molecule has 0 saturated carbocycles. The number of rotatable bonds is 5. The first-order valence-electron chi connectivity index (χ1n) is 8.40. The van der Waals surface area contributed by atoms with Crippen LogP contribution in [0.2, 0.25) is 0 Å². The van der Waals surface area contributed by atoms with Gasteiger partial charge in [0.15, 0.2) is 6.10 Å². The fraction of sp³-hybridized carbons (Fsp3) is 0.333. The van der Waals surface area contributed by atoms with Crippen molar-refractivity contribution in [2.75, 3.05) is 36.6 Å². The molecule has 1 amide bonds. The highest BCUT2D eigenvalue weighted by Crippen LogP contribution is 2.40. The molecule has 1 aromatic heterocycles.